The normalized spacial score (nSPS) is 26.8. The van der Waals surface area contributed by atoms with Crippen molar-refractivity contribution in [3.8, 4) is 0 Å². The Morgan fingerprint density at radius 2 is 1.53 bits per heavy atom. The van der Waals surface area contributed by atoms with Crippen LogP contribution >= 0.6 is 0 Å². The van der Waals surface area contributed by atoms with Crippen LogP contribution < -0.4 is 10.6 Å². The van der Waals surface area contributed by atoms with Crippen molar-refractivity contribution in [2.24, 2.45) is 0 Å². The van der Waals surface area contributed by atoms with E-state index < -0.39 is 0 Å². The lowest BCUT2D eigenvalue weighted by molar-refractivity contribution is 0.561. The molecule has 0 saturated heterocycles. The Morgan fingerprint density at radius 3 is 2.13 bits per heavy atom. The zero-order chi connectivity index (χ0) is 10.1. The van der Waals surface area contributed by atoms with Crippen LogP contribution in [0, 0.1) is 0 Å². The van der Waals surface area contributed by atoms with Crippen molar-refractivity contribution >= 4 is 0 Å². The summed E-state index contributed by atoms with van der Waals surface area (Å²) >= 11 is 0. The Labute approximate surface area is 91.8 Å². The Kier molecular flexibility index (Phi) is 2.43. The Balaban J connectivity index is 1.70. The maximum absolute atomic E-state index is 3.66. The summed E-state index contributed by atoms with van der Waals surface area (Å²) < 4.78 is 0. The molecule has 0 aromatic carbocycles. The fraction of sp³-hybridized carbons (Fsp3) is 0.692. The van der Waals surface area contributed by atoms with E-state index in [9.17, 15) is 0 Å². The highest BCUT2D eigenvalue weighted by molar-refractivity contribution is 5.27. The molecule has 0 bridgehead atoms. The third-order valence-electron chi connectivity index (χ3n) is 3.80. The number of allylic oxidation sites excluding steroid dienone is 3. The molecule has 0 amide bonds. The zero-order valence-corrected chi connectivity index (χ0v) is 9.31. The van der Waals surface area contributed by atoms with Crippen molar-refractivity contribution in [2.75, 3.05) is 0 Å². The summed E-state index contributed by atoms with van der Waals surface area (Å²) in [6, 6.07) is 0. The van der Waals surface area contributed by atoms with E-state index in [4.69, 9.17) is 0 Å². The smallest absolute Gasteiger partial charge is 0.119 e. The SMILES string of the molecule is C1=C(C2NC3=C(CCCC3)N2)CCCC1. The highest BCUT2D eigenvalue weighted by Gasteiger charge is 2.26. The molecule has 3 rings (SSSR count). The molecule has 3 aliphatic rings. The van der Waals surface area contributed by atoms with Gasteiger partial charge in [-0.1, -0.05) is 6.08 Å². The predicted molar refractivity (Wildman–Crippen MR) is 62.1 cm³/mol. The molecule has 0 unspecified atom stereocenters. The second-order valence-electron chi connectivity index (χ2n) is 4.91. The lowest BCUT2D eigenvalue weighted by Crippen LogP contribution is -2.35. The average Bonchev–Trinajstić information content (AvgIpc) is 2.74. The second kappa shape index (κ2) is 3.92. The monoisotopic (exact) mass is 204 g/mol. The zero-order valence-electron chi connectivity index (χ0n) is 9.31. The van der Waals surface area contributed by atoms with Crippen LogP contribution in [0.1, 0.15) is 51.4 Å². The lowest BCUT2D eigenvalue weighted by atomic mass is 9.97. The van der Waals surface area contributed by atoms with Crippen LogP contribution in [0.2, 0.25) is 0 Å². The van der Waals surface area contributed by atoms with Crippen LogP contribution in [0.5, 0.6) is 0 Å². The summed E-state index contributed by atoms with van der Waals surface area (Å²) in [4.78, 5) is 0. The van der Waals surface area contributed by atoms with Crippen molar-refractivity contribution in [3.05, 3.63) is 23.0 Å². The molecular formula is C13H20N2. The van der Waals surface area contributed by atoms with Crippen molar-refractivity contribution in [1.82, 2.24) is 10.6 Å². The molecule has 0 radical (unpaired) electrons. The van der Waals surface area contributed by atoms with E-state index in [2.05, 4.69) is 16.7 Å². The van der Waals surface area contributed by atoms with Gasteiger partial charge in [0, 0.05) is 11.4 Å². The molecule has 0 saturated carbocycles. The summed E-state index contributed by atoms with van der Waals surface area (Å²) in [5.41, 5.74) is 4.59. The van der Waals surface area contributed by atoms with Crippen molar-refractivity contribution < 1.29 is 0 Å². The van der Waals surface area contributed by atoms with Crippen LogP contribution in [0.15, 0.2) is 23.0 Å². The maximum atomic E-state index is 3.66. The van der Waals surface area contributed by atoms with Crippen LogP contribution in [-0.2, 0) is 0 Å². The van der Waals surface area contributed by atoms with Crippen molar-refractivity contribution in [3.63, 3.8) is 0 Å². The first-order chi connectivity index (χ1) is 7.43. The van der Waals surface area contributed by atoms with Gasteiger partial charge in [-0.05, 0) is 56.9 Å². The van der Waals surface area contributed by atoms with E-state index in [-0.39, 0.29) is 0 Å². The van der Waals surface area contributed by atoms with Crippen molar-refractivity contribution in [1.29, 1.82) is 0 Å². The van der Waals surface area contributed by atoms with E-state index in [1.54, 1.807) is 5.57 Å². The van der Waals surface area contributed by atoms with Crippen LogP contribution in [0.3, 0.4) is 0 Å². The first-order valence-electron chi connectivity index (χ1n) is 6.37. The van der Waals surface area contributed by atoms with Gasteiger partial charge in [-0.25, -0.2) is 0 Å². The first-order valence-corrected chi connectivity index (χ1v) is 6.37. The predicted octanol–water partition coefficient (Wildman–Crippen LogP) is 2.79. The molecule has 0 aromatic heterocycles. The Bertz CT molecular complexity index is 296. The number of nitrogens with one attached hydrogen (secondary N) is 2. The van der Waals surface area contributed by atoms with E-state index in [0.29, 0.717) is 6.17 Å². The summed E-state index contributed by atoms with van der Waals surface area (Å²) in [5, 5.41) is 7.33. The lowest BCUT2D eigenvalue weighted by Gasteiger charge is -2.21. The fourth-order valence-corrected chi connectivity index (χ4v) is 2.92. The van der Waals surface area contributed by atoms with Crippen LogP contribution in [0.25, 0.3) is 0 Å². The summed E-state index contributed by atoms with van der Waals surface area (Å²) in [6.07, 6.45) is 13.4. The van der Waals surface area contributed by atoms with E-state index in [1.165, 1.54) is 62.8 Å². The quantitative estimate of drug-likeness (QED) is 0.642. The summed E-state index contributed by atoms with van der Waals surface area (Å²) in [5.74, 6) is 0. The highest BCUT2D eigenvalue weighted by Crippen LogP contribution is 2.29. The van der Waals surface area contributed by atoms with Gasteiger partial charge >= 0.3 is 0 Å². The largest absolute Gasteiger partial charge is 0.364 e. The molecule has 0 fully saturated rings. The van der Waals surface area contributed by atoms with Gasteiger partial charge in [-0.3, -0.25) is 0 Å². The van der Waals surface area contributed by atoms with E-state index in [1.807, 2.05) is 0 Å². The summed E-state index contributed by atoms with van der Waals surface area (Å²) in [7, 11) is 0. The number of rotatable bonds is 1. The van der Waals surface area contributed by atoms with Gasteiger partial charge < -0.3 is 10.6 Å². The molecule has 2 heteroatoms. The van der Waals surface area contributed by atoms with Gasteiger partial charge in [0.05, 0.1) is 0 Å². The molecule has 15 heavy (non-hydrogen) atoms. The Hall–Kier alpha value is -0.920. The Morgan fingerprint density at radius 1 is 0.867 bits per heavy atom. The van der Waals surface area contributed by atoms with Gasteiger partial charge in [-0.15, -0.1) is 0 Å². The number of hydrogen-bond acceptors (Lipinski definition) is 2. The molecule has 82 valence electrons. The molecule has 0 atom stereocenters. The molecule has 0 aromatic rings. The molecule has 1 heterocycles. The molecule has 1 aliphatic heterocycles. The van der Waals surface area contributed by atoms with Gasteiger partial charge in [0.25, 0.3) is 0 Å². The van der Waals surface area contributed by atoms with Gasteiger partial charge in [0.2, 0.25) is 0 Å². The third kappa shape index (κ3) is 1.77. The van der Waals surface area contributed by atoms with Gasteiger partial charge in [-0.2, -0.15) is 0 Å². The van der Waals surface area contributed by atoms with Crippen molar-refractivity contribution in [2.45, 2.75) is 57.5 Å². The number of hydrogen-bond donors (Lipinski definition) is 2. The molecule has 2 N–H and O–H groups in total. The van der Waals surface area contributed by atoms with Gasteiger partial charge in [0.15, 0.2) is 0 Å². The first kappa shape index (κ1) is 9.32. The molecular weight excluding hydrogens is 184 g/mol. The highest BCUT2D eigenvalue weighted by atomic mass is 15.2. The topological polar surface area (TPSA) is 24.1 Å². The fourth-order valence-electron chi connectivity index (χ4n) is 2.92. The standard InChI is InChI=1S/C13H20N2/c1-2-6-10(7-3-1)13-14-11-8-4-5-9-12(11)15-13/h6,13-15H,1-5,7-9H2. The minimum atomic E-state index is 0.438. The average molecular weight is 204 g/mol. The minimum Gasteiger partial charge on any atom is -0.364 e. The second-order valence-corrected chi connectivity index (χ2v) is 4.91. The minimum absolute atomic E-state index is 0.438. The van der Waals surface area contributed by atoms with Crippen LogP contribution in [0.4, 0.5) is 0 Å². The molecule has 0 spiro atoms. The van der Waals surface area contributed by atoms with Gasteiger partial charge in [0.1, 0.15) is 6.17 Å². The third-order valence-corrected chi connectivity index (χ3v) is 3.80. The maximum Gasteiger partial charge on any atom is 0.119 e. The van der Waals surface area contributed by atoms with E-state index in [0.717, 1.165) is 0 Å². The summed E-state index contributed by atoms with van der Waals surface area (Å²) in [6.45, 7) is 0. The van der Waals surface area contributed by atoms with E-state index >= 15 is 0 Å². The molecule has 2 nitrogen and oxygen atoms in total. The molecule has 2 aliphatic carbocycles. The van der Waals surface area contributed by atoms with Crippen LogP contribution in [-0.4, -0.2) is 6.17 Å².